The monoisotopic (exact) mass is 472 g/mol. The van der Waals surface area contributed by atoms with E-state index in [0.717, 1.165) is 13.1 Å². The Hall–Kier alpha value is 0.557. The summed E-state index contributed by atoms with van der Waals surface area (Å²) in [5.41, 5.74) is 1.29. The van der Waals surface area contributed by atoms with Gasteiger partial charge in [0.05, 0.1) is 0 Å². The van der Waals surface area contributed by atoms with Gasteiger partial charge in [0.2, 0.25) is 0 Å². The van der Waals surface area contributed by atoms with Crippen LogP contribution < -0.4 is 18.9 Å². The van der Waals surface area contributed by atoms with Gasteiger partial charge >= 0.3 is 18.9 Å². The van der Waals surface area contributed by atoms with E-state index < -0.39 is 0 Å². The van der Waals surface area contributed by atoms with Crippen LogP contribution in [0.2, 0.25) is 0 Å². The van der Waals surface area contributed by atoms with Crippen molar-refractivity contribution in [3.63, 3.8) is 0 Å². The molecule has 0 aromatic carbocycles. The smallest absolute Gasteiger partial charge is 0.662 e. The SMILES string of the molecule is CCC(CC)(CC)CCCCCCCCC[N-]CCCCCCCCCC(CC)(CC)CC.[Li+]. The fourth-order valence-electron chi connectivity index (χ4n) is 5.89. The van der Waals surface area contributed by atoms with E-state index in [1.807, 2.05) is 0 Å². The molecule has 0 spiro atoms. The van der Waals surface area contributed by atoms with Crippen LogP contribution in [0.4, 0.5) is 0 Å². The molecule has 0 N–H and O–H groups in total. The summed E-state index contributed by atoms with van der Waals surface area (Å²) in [5, 5.41) is 4.78. The maximum Gasteiger partial charge on any atom is 1.00 e. The summed E-state index contributed by atoms with van der Waals surface area (Å²) in [5.74, 6) is 0. The zero-order valence-corrected chi connectivity index (χ0v) is 25.4. The van der Waals surface area contributed by atoms with Crippen LogP contribution in [0, 0.1) is 10.8 Å². The molecule has 1 nitrogen and oxygen atoms in total. The Balaban J connectivity index is 0. The first kappa shape index (κ1) is 36.7. The second-order valence-corrected chi connectivity index (χ2v) is 11.2. The summed E-state index contributed by atoms with van der Waals surface area (Å²) >= 11 is 0. The van der Waals surface area contributed by atoms with E-state index in [0.29, 0.717) is 10.8 Å². The van der Waals surface area contributed by atoms with Crippen molar-refractivity contribution in [1.82, 2.24) is 0 Å². The van der Waals surface area contributed by atoms with Gasteiger partial charge < -0.3 is 5.32 Å². The van der Waals surface area contributed by atoms with Crippen molar-refractivity contribution in [2.24, 2.45) is 10.8 Å². The third-order valence-corrected chi connectivity index (χ3v) is 9.55. The molecule has 0 bridgehead atoms. The molecule has 0 aliphatic heterocycles. The summed E-state index contributed by atoms with van der Waals surface area (Å²) in [6.45, 7) is 16.5. The normalized spacial score (nSPS) is 12.2. The van der Waals surface area contributed by atoms with Gasteiger partial charge in [0.1, 0.15) is 0 Å². The van der Waals surface area contributed by atoms with Gasteiger partial charge in [0.25, 0.3) is 0 Å². The van der Waals surface area contributed by atoms with Crippen LogP contribution in [0.1, 0.15) is 183 Å². The molecule has 0 saturated heterocycles. The molecule has 0 aliphatic rings. The molecule has 0 aromatic heterocycles. The van der Waals surface area contributed by atoms with Crippen LogP contribution in [0.15, 0.2) is 0 Å². The maximum atomic E-state index is 4.78. The molecule has 0 heterocycles. The van der Waals surface area contributed by atoms with Crippen LogP contribution in [-0.2, 0) is 0 Å². The van der Waals surface area contributed by atoms with Crippen molar-refractivity contribution in [3.05, 3.63) is 5.32 Å². The molecule has 0 atom stereocenters. The van der Waals surface area contributed by atoms with E-state index in [9.17, 15) is 0 Å². The third kappa shape index (κ3) is 17.9. The molecular weight excluding hydrogens is 405 g/mol. The van der Waals surface area contributed by atoms with Gasteiger partial charge in [-0.15, -0.1) is 13.1 Å². The van der Waals surface area contributed by atoms with Crippen molar-refractivity contribution >= 4 is 0 Å². The first-order valence-electron chi connectivity index (χ1n) is 15.7. The van der Waals surface area contributed by atoms with Crippen molar-refractivity contribution in [2.45, 2.75) is 183 Å². The van der Waals surface area contributed by atoms with Crippen LogP contribution in [0.3, 0.4) is 0 Å². The van der Waals surface area contributed by atoms with Crippen LogP contribution in [-0.4, -0.2) is 13.1 Å². The molecule has 0 rings (SSSR count). The molecule has 0 radical (unpaired) electrons. The third-order valence-electron chi connectivity index (χ3n) is 9.55. The molecule has 0 fully saturated rings. The van der Waals surface area contributed by atoms with Crippen molar-refractivity contribution in [1.29, 1.82) is 0 Å². The fourth-order valence-corrected chi connectivity index (χ4v) is 5.89. The van der Waals surface area contributed by atoms with E-state index in [4.69, 9.17) is 5.32 Å². The minimum atomic E-state index is 0. The first-order valence-corrected chi connectivity index (χ1v) is 15.7. The van der Waals surface area contributed by atoms with Gasteiger partial charge in [0.15, 0.2) is 0 Å². The molecule has 0 amide bonds. The Bertz CT molecular complexity index is 334. The number of unbranched alkanes of at least 4 members (excludes halogenated alkanes) is 12. The van der Waals surface area contributed by atoms with Crippen LogP contribution in [0.25, 0.3) is 5.32 Å². The van der Waals surface area contributed by atoms with E-state index >= 15 is 0 Å². The Labute approximate surface area is 230 Å². The topological polar surface area (TPSA) is 14.1 Å². The average molecular weight is 472 g/mol. The predicted octanol–water partition coefficient (Wildman–Crippen LogP) is 9.04. The summed E-state index contributed by atoms with van der Waals surface area (Å²) < 4.78 is 0. The molecule has 0 unspecified atom stereocenters. The number of nitrogens with zero attached hydrogens (tertiary/aromatic N) is 1. The van der Waals surface area contributed by atoms with Gasteiger partial charge in [0, 0.05) is 0 Å². The van der Waals surface area contributed by atoms with E-state index in [1.165, 1.54) is 141 Å². The van der Waals surface area contributed by atoms with Crippen molar-refractivity contribution in [2.75, 3.05) is 13.1 Å². The summed E-state index contributed by atoms with van der Waals surface area (Å²) in [4.78, 5) is 0. The molecule has 34 heavy (non-hydrogen) atoms. The Morgan fingerprint density at radius 2 is 0.588 bits per heavy atom. The van der Waals surface area contributed by atoms with Gasteiger partial charge in [-0.1, -0.05) is 170 Å². The Morgan fingerprint density at radius 1 is 0.353 bits per heavy atom. The number of rotatable bonds is 26. The van der Waals surface area contributed by atoms with Crippen LogP contribution >= 0.6 is 0 Å². The average Bonchev–Trinajstić information content (AvgIpc) is 2.86. The molecular formula is C32H66LiN. The maximum absolute atomic E-state index is 4.78. The zero-order valence-electron chi connectivity index (χ0n) is 25.4. The molecule has 0 saturated carbocycles. The van der Waals surface area contributed by atoms with Gasteiger partial charge in [-0.25, -0.2) is 0 Å². The molecule has 2 heteroatoms. The fraction of sp³-hybridized carbons (Fsp3) is 1.00. The molecule has 200 valence electrons. The second-order valence-electron chi connectivity index (χ2n) is 11.2. The Morgan fingerprint density at radius 3 is 0.853 bits per heavy atom. The Kier molecular flexibility index (Phi) is 27.2. The zero-order chi connectivity index (χ0) is 24.7. The van der Waals surface area contributed by atoms with E-state index in [-0.39, 0.29) is 18.9 Å². The summed E-state index contributed by atoms with van der Waals surface area (Å²) in [6, 6.07) is 0. The first-order chi connectivity index (χ1) is 16.1. The minimum absolute atomic E-state index is 0. The number of hydrogen-bond donors (Lipinski definition) is 0. The molecule has 0 aromatic rings. The van der Waals surface area contributed by atoms with Crippen LogP contribution in [0.5, 0.6) is 0 Å². The number of hydrogen-bond acceptors (Lipinski definition) is 0. The molecule has 0 aliphatic carbocycles. The van der Waals surface area contributed by atoms with Gasteiger partial charge in [-0.05, 0) is 23.7 Å². The van der Waals surface area contributed by atoms with Crippen molar-refractivity contribution in [3.8, 4) is 0 Å². The predicted molar refractivity (Wildman–Crippen MR) is 154 cm³/mol. The summed E-state index contributed by atoms with van der Waals surface area (Å²) in [6.07, 6.45) is 30.9. The largest absolute Gasteiger partial charge is 1.00 e. The van der Waals surface area contributed by atoms with E-state index in [1.54, 1.807) is 0 Å². The van der Waals surface area contributed by atoms with E-state index in [2.05, 4.69) is 41.5 Å². The standard InChI is InChI=1S/C32H66N.Li/c1-7-31(8-2,9-3)27-23-19-15-13-17-21-25-29-33-30-26-22-18-14-16-20-24-28-32(10-4,11-5)12-6;/h7-30H2,1-6H3;/q-1;+1. The van der Waals surface area contributed by atoms with Gasteiger partial charge in [-0.2, -0.15) is 0 Å². The minimum Gasteiger partial charge on any atom is -0.662 e. The summed E-state index contributed by atoms with van der Waals surface area (Å²) in [7, 11) is 0. The van der Waals surface area contributed by atoms with Gasteiger partial charge in [-0.3, -0.25) is 0 Å². The van der Waals surface area contributed by atoms with Crippen molar-refractivity contribution < 1.29 is 18.9 Å². The second kappa shape index (κ2) is 25.2. The quantitative estimate of drug-likeness (QED) is 0.0882.